The third kappa shape index (κ3) is 4.75. The maximum absolute atomic E-state index is 13.8. The van der Waals surface area contributed by atoms with Gasteiger partial charge in [0, 0.05) is 12.1 Å². The van der Waals surface area contributed by atoms with Gasteiger partial charge in [0.1, 0.15) is 23.1 Å². The Morgan fingerprint density at radius 1 is 1.00 bits per heavy atom. The standard InChI is InChI=1S/C28H26FNO5/c1-4-35-22-10-5-18(6-11-22)16-30-25(19-7-12-21(34-3)13-8-19)24(27(32)28(30)33)26(31)20-9-14-23(29)17(2)15-20/h5-15,25,31H,4,16H2,1-3H3/b26-24-. The van der Waals surface area contributed by atoms with Crippen molar-refractivity contribution in [3.63, 3.8) is 0 Å². The first-order chi connectivity index (χ1) is 16.8. The lowest BCUT2D eigenvalue weighted by atomic mass is 9.94. The summed E-state index contributed by atoms with van der Waals surface area (Å²) in [5, 5.41) is 11.2. The summed E-state index contributed by atoms with van der Waals surface area (Å²) in [7, 11) is 1.55. The van der Waals surface area contributed by atoms with Gasteiger partial charge in [0.15, 0.2) is 0 Å². The zero-order chi connectivity index (χ0) is 25.1. The highest BCUT2D eigenvalue weighted by molar-refractivity contribution is 6.46. The van der Waals surface area contributed by atoms with Crippen molar-refractivity contribution in [1.29, 1.82) is 0 Å². The molecule has 0 aromatic heterocycles. The molecular formula is C28H26FNO5. The molecule has 0 spiro atoms. The number of likely N-dealkylation sites (tertiary alicyclic amines) is 1. The molecule has 180 valence electrons. The van der Waals surface area contributed by atoms with Crippen LogP contribution in [0.5, 0.6) is 11.5 Å². The Morgan fingerprint density at radius 2 is 1.66 bits per heavy atom. The molecule has 1 N–H and O–H groups in total. The van der Waals surface area contributed by atoms with E-state index in [4.69, 9.17) is 9.47 Å². The van der Waals surface area contributed by atoms with Gasteiger partial charge in [0.2, 0.25) is 0 Å². The van der Waals surface area contributed by atoms with Gasteiger partial charge in [-0.15, -0.1) is 0 Å². The minimum absolute atomic E-state index is 0.0443. The van der Waals surface area contributed by atoms with Gasteiger partial charge in [-0.25, -0.2) is 4.39 Å². The highest BCUT2D eigenvalue weighted by Gasteiger charge is 2.46. The molecule has 0 saturated carbocycles. The number of ether oxygens (including phenoxy) is 2. The van der Waals surface area contributed by atoms with Gasteiger partial charge in [-0.05, 0) is 73.0 Å². The summed E-state index contributed by atoms with van der Waals surface area (Å²) < 4.78 is 24.5. The fourth-order valence-corrected chi connectivity index (χ4v) is 4.18. The van der Waals surface area contributed by atoms with Crippen molar-refractivity contribution >= 4 is 17.4 Å². The predicted molar refractivity (Wildman–Crippen MR) is 130 cm³/mol. The molecule has 35 heavy (non-hydrogen) atoms. The first kappa shape index (κ1) is 24.0. The van der Waals surface area contributed by atoms with E-state index in [0.29, 0.717) is 29.2 Å². The van der Waals surface area contributed by atoms with Crippen molar-refractivity contribution in [1.82, 2.24) is 4.90 Å². The Bertz CT molecular complexity index is 1280. The zero-order valence-electron chi connectivity index (χ0n) is 19.7. The number of halogens is 1. The fraction of sp³-hybridized carbons (Fsp3) is 0.214. The third-order valence-corrected chi connectivity index (χ3v) is 5.99. The number of nitrogens with zero attached hydrogens (tertiary/aromatic N) is 1. The maximum atomic E-state index is 13.8. The van der Waals surface area contributed by atoms with E-state index in [1.807, 2.05) is 19.1 Å². The van der Waals surface area contributed by atoms with Crippen LogP contribution in [-0.2, 0) is 16.1 Å². The molecule has 4 rings (SSSR count). The van der Waals surface area contributed by atoms with Gasteiger partial charge in [-0.3, -0.25) is 9.59 Å². The Morgan fingerprint density at radius 3 is 2.26 bits per heavy atom. The molecule has 1 fully saturated rings. The van der Waals surface area contributed by atoms with E-state index in [9.17, 15) is 19.1 Å². The molecule has 1 aliphatic rings. The van der Waals surface area contributed by atoms with Crippen LogP contribution in [0.4, 0.5) is 4.39 Å². The summed E-state index contributed by atoms with van der Waals surface area (Å²) in [4.78, 5) is 27.8. The number of amides is 1. The summed E-state index contributed by atoms with van der Waals surface area (Å²) in [6, 6.07) is 17.5. The molecule has 6 nitrogen and oxygen atoms in total. The first-order valence-corrected chi connectivity index (χ1v) is 11.2. The molecule has 1 aliphatic heterocycles. The zero-order valence-corrected chi connectivity index (χ0v) is 19.7. The molecule has 0 bridgehead atoms. The quantitative estimate of drug-likeness (QED) is 0.290. The van der Waals surface area contributed by atoms with Crippen LogP contribution >= 0.6 is 0 Å². The van der Waals surface area contributed by atoms with Gasteiger partial charge in [-0.2, -0.15) is 0 Å². The lowest BCUT2D eigenvalue weighted by Gasteiger charge is -2.25. The van der Waals surface area contributed by atoms with Crippen LogP contribution in [0.25, 0.3) is 5.76 Å². The van der Waals surface area contributed by atoms with E-state index in [1.54, 1.807) is 50.4 Å². The lowest BCUT2D eigenvalue weighted by molar-refractivity contribution is -0.140. The number of Topliss-reactive ketones (excluding diaryl/α,β-unsaturated/α-hetero) is 1. The molecule has 7 heteroatoms. The average molecular weight is 476 g/mol. The van der Waals surface area contributed by atoms with E-state index in [1.165, 1.54) is 23.1 Å². The first-order valence-electron chi connectivity index (χ1n) is 11.2. The SMILES string of the molecule is CCOc1ccc(CN2C(=O)C(=O)/C(=C(\O)c3ccc(F)c(C)c3)C2c2ccc(OC)cc2)cc1. The van der Waals surface area contributed by atoms with Crippen molar-refractivity contribution in [2.45, 2.75) is 26.4 Å². The maximum Gasteiger partial charge on any atom is 0.295 e. The lowest BCUT2D eigenvalue weighted by Crippen LogP contribution is -2.29. The second kappa shape index (κ2) is 10.0. The van der Waals surface area contributed by atoms with Gasteiger partial charge in [0.25, 0.3) is 11.7 Å². The van der Waals surface area contributed by atoms with Gasteiger partial charge in [0.05, 0.1) is 25.3 Å². The van der Waals surface area contributed by atoms with Crippen LogP contribution < -0.4 is 9.47 Å². The molecule has 1 heterocycles. The number of hydrogen-bond acceptors (Lipinski definition) is 5. The molecule has 1 amide bonds. The second-order valence-electron chi connectivity index (χ2n) is 8.24. The number of carbonyl (C=O) groups excluding carboxylic acids is 2. The van der Waals surface area contributed by atoms with Gasteiger partial charge < -0.3 is 19.5 Å². The van der Waals surface area contributed by atoms with Crippen molar-refractivity contribution in [2.24, 2.45) is 0 Å². The van der Waals surface area contributed by atoms with E-state index in [0.717, 1.165) is 5.56 Å². The monoisotopic (exact) mass is 475 g/mol. The Balaban J connectivity index is 1.80. The molecule has 3 aromatic rings. The topological polar surface area (TPSA) is 76.1 Å². The summed E-state index contributed by atoms with van der Waals surface area (Å²) >= 11 is 0. The van der Waals surface area contributed by atoms with Gasteiger partial charge in [-0.1, -0.05) is 24.3 Å². The summed E-state index contributed by atoms with van der Waals surface area (Å²) in [5.74, 6) is -0.968. The normalized spacial score (nSPS) is 17.0. The van der Waals surface area contributed by atoms with Crippen molar-refractivity contribution < 1.29 is 28.6 Å². The third-order valence-electron chi connectivity index (χ3n) is 5.99. The van der Waals surface area contributed by atoms with Crippen LogP contribution in [0.1, 0.15) is 35.2 Å². The Kier molecular flexibility index (Phi) is 6.87. The van der Waals surface area contributed by atoms with E-state index in [2.05, 4.69) is 0 Å². The van der Waals surface area contributed by atoms with Crippen LogP contribution in [0.2, 0.25) is 0 Å². The highest BCUT2D eigenvalue weighted by atomic mass is 19.1. The van der Waals surface area contributed by atoms with Crippen LogP contribution in [0, 0.1) is 12.7 Å². The molecule has 1 unspecified atom stereocenters. The van der Waals surface area contributed by atoms with E-state index >= 15 is 0 Å². The predicted octanol–water partition coefficient (Wildman–Crippen LogP) is 5.16. The number of aryl methyl sites for hydroxylation is 1. The minimum atomic E-state index is -0.835. The number of aliphatic hydroxyl groups is 1. The number of methoxy groups -OCH3 is 1. The number of benzene rings is 3. The van der Waals surface area contributed by atoms with E-state index < -0.39 is 23.5 Å². The second-order valence-corrected chi connectivity index (χ2v) is 8.24. The van der Waals surface area contributed by atoms with Crippen molar-refractivity contribution in [3.05, 3.63) is 100 Å². The Labute approximate surface area is 203 Å². The van der Waals surface area contributed by atoms with Crippen molar-refractivity contribution in [2.75, 3.05) is 13.7 Å². The number of ketones is 1. The molecular weight excluding hydrogens is 449 g/mol. The largest absolute Gasteiger partial charge is 0.507 e. The smallest absolute Gasteiger partial charge is 0.295 e. The number of carbonyl (C=O) groups is 2. The molecule has 3 aromatic carbocycles. The molecule has 1 saturated heterocycles. The van der Waals surface area contributed by atoms with E-state index in [-0.39, 0.29) is 23.4 Å². The molecule has 0 aliphatic carbocycles. The summed E-state index contributed by atoms with van der Waals surface area (Å²) in [6.07, 6.45) is 0. The molecule has 0 radical (unpaired) electrons. The molecule has 1 atom stereocenters. The minimum Gasteiger partial charge on any atom is -0.507 e. The summed E-state index contributed by atoms with van der Waals surface area (Å²) in [6.45, 7) is 4.14. The highest BCUT2D eigenvalue weighted by Crippen LogP contribution is 2.41. The Hall–Kier alpha value is -4.13. The van der Waals surface area contributed by atoms with Gasteiger partial charge >= 0.3 is 0 Å². The summed E-state index contributed by atoms with van der Waals surface area (Å²) in [5.41, 5.74) is 1.97. The van der Waals surface area contributed by atoms with Crippen molar-refractivity contribution in [3.8, 4) is 11.5 Å². The van der Waals surface area contributed by atoms with Crippen LogP contribution in [0.15, 0.2) is 72.3 Å². The number of aliphatic hydroxyl groups excluding tert-OH is 1. The average Bonchev–Trinajstić information content (AvgIpc) is 3.11. The van der Waals surface area contributed by atoms with Crippen LogP contribution in [-0.4, -0.2) is 35.4 Å². The number of rotatable bonds is 7. The van der Waals surface area contributed by atoms with Crippen LogP contribution in [0.3, 0.4) is 0 Å². The fourth-order valence-electron chi connectivity index (χ4n) is 4.18. The number of hydrogen-bond donors (Lipinski definition) is 1.